The highest BCUT2D eigenvalue weighted by atomic mass is 16.4. The number of rotatable bonds is 7. The maximum absolute atomic E-state index is 10.3. The molecule has 0 rings (SSSR count). The van der Waals surface area contributed by atoms with Crippen LogP contribution >= 0.6 is 0 Å². The summed E-state index contributed by atoms with van der Waals surface area (Å²) in [6, 6.07) is -1.37. The zero-order valence-electron chi connectivity index (χ0n) is 10.1. The zero-order valence-corrected chi connectivity index (χ0v) is 10.1. The van der Waals surface area contributed by atoms with E-state index in [1.807, 2.05) is 0 Å². The van der Waals surface area contributed by atoms with Gasteiger partial charge in [0.25, 0.3) is 0 Å². The van der Waals surface area contributed by atoms with Crippen molar-refractivity contribution in [3.8, 4) is 0 Å². The summed E-state index contributed by atoms with van der Waals surface area (Å²) in [7, 11) is 0. The maximum atomic E-state index is 10.3. The van der Waals surface area contributed by atoms with Crippen molar-refractivity contribution in [2.75, 3.05) is 6.54 Å². The quantitative estimate of drug-likeness (QED) is 0.376. The zero-order chi connectivity index (χ0) is 15.6. The lowest BCUT2D eigenvalue weighted by molar-refractivity contribution is -0.146. The predicted octanol–water partition coefficient (Wildman–Crippen LogP) is -0.764. The highest BCUT2D eigenvalue weighted by Crippen LogP contribution is 1.91. The molecule has 0 aliphatic heterocycles. The third-order valence-electron chi connectivity index (χ3n) is 1.54. The standard InChI is InChI=1S/C6H9NO6.C4H6O2/c8-4(9)1-3(6(12)13)7-2-5(10)11;1-3(2)4(5)6/h3,7H,1-2H2,(H,8,9)(H,10,11)(H,12,13);1H2,2H3,(H,5,6). The van der Waals surface area contributed by atoms with Crippen molar-refractivity contribution in [1.29, 1.82) is 0 Å². The average Bonchev–Trinajstić information content (AvgIpc) is 2.23. The number of hydrogen-bond donors (Lipinski definition) is 5. The molecule has 9 nitrogen and oxygen atoms in total. The first-order valence-corrected chi connectivity index (χ1v) is 4.86. The van der Waals surface area contributed by atoms with Crippen LogP contribution in [0.25, 0.3) is 0 Å². The van der Waals surface area contributed by atoms with Crippen molar-refractivity contribution in [3.63, 3.8) is 0 Å². The first-order chi connectivity index (χ1) is 8.57. The first-order valence-electron chi connectivity index (χ1n) is 4.86. The van der Waals surface area contributed by atoms with E-state index in [2.05, 4.69) is 11.9 Å². The van der Waals surface area contributed by atoms with Gasteiger partial charge >= 0.3 is 23.9 Å². The van der Waals surface area contributed by atoms with Crippen molar-refractivity contribution in [1.82, 2.24) is 5.32 Å². The molecule has 0 aliphatic rings. The summed E-state index contributed by atoms with van der Waals surface area (Å²) in [4.78, 5) is 40.0. The minimum Gasteiger partial charge on any atom is -0.481 e. The van der Waals surface area contributed by atoms with Crippen molar-refractivity contribution in [2.45, 2.75) is 19.4 Å². The third kappa shape index (κ3) is 13.5. The van der Waals surface area contributed by atoms with Crippen molar-refractivity contribution in [3.05, 3.63) is 12.2 Å². The van der Waals surface area contributed by atoms with Gasteiger partial charge in [-0.05, 0) is 6.92 Å². The van der Waals surface area contributed by atoms with Gasteiger partial charge in [-0.25, -0.2) is 4.79 Å². The minimum atomic E-state index is -1.39. The van der Waals surface area contributed by atoms with Gasteiger partial charge in [0, 0.05) is 5.57 Å². The molecule has 19 heavy (non-hydrogen) atoms. The van der Waals surface area contributed by atoms with Crippen molar-refractivity contribution >= 4 is 23.9 Å². The molecule has 0 amide bonds. The van der Waals surface area contributed by atoms with Gasteiger partial charge in [-0.15, -0.1) is 0 Å². The molecule has 0 bridgehead atoms. The molecule has 5 N–H and O–H groups in total. The summed E-state index contributed by atoms with van der Waals surface area (Å²) in [6.45, 7) is 4.02. The summed E-state index contributed by atoms with van der Waals surface area (Å²) in [5.41, 5.74) is 0.176. The van der Waals surface area contributed by atoms with Gasteiger partial charge in [-0.1, -0.05) is 6.58 Å². The predicted molar refractivity (Wildman–Crippen MR) is 61.8 cm³/mol. The number of carboxylic acids is 4. The van der Waals surface area contributed by atoms with E-state index < -0.39 is 42.9 Å². The Labute approximate surface area is 108 Å². The summed E-state index contributed by atoms with van der Waals surface area (Å²) in [6.07, 6.45) is -0.650. The highest BCUT2D eigenvalue weighted by molar-refractivity contribution is 5.84. The Hall–Kier alpha value is -2.42. The van der Waals surface area contributed by atoms with Crippen molar-refractivity contribution < 1.29 is 39.6 Å². The highest BCUT2D eigenvalue weighted by Gasteiger charge is 2.20. The number of nitrogens with one attached hydrogen (secondary N) is 1. The molecule has 0 saturated heterocycles. The van der Waals surface area contributed by atoms with E-state index >= 15 is 0 Å². The second kappa shape index (κ2) is 9.59. The fourth-order valence-electron chi connectivity index (χ4n) is 0.632. The van der Waals surface area contributed by atoms with Crippen LogP contribution in [0.2, 0.25) is 0 Å². The van der Waals surface area contributed by atoms with Gasteiger partial charge in [0.15, 0.2) is 0 Å². The van der Waals surface area contributed by atoms with Crippen LogP contribution in [0, 0.1) is 0 Å². The van der Waals surface area contributed by atoms with E-state index in [1.54, 1.807) is 0 Å². The van der Waals surface area contributed by atoms with Gasteiger partial charge in [-0.3, -0.25) is 19.7 Å². The number of hydrogen-bond acceptors (Lipinski definition) is 5. The van der Waals surface area contributed by atoms with Crippen LogP contribution in [0.1, 0.15) is 13.3 Å². The third-order valence-corrected chi connectivity index (χ3v) is 1.54. The molecule has 0 heterocycles. The number of carbonyl (C=O) groups is 4. The van der Waals surface area contributed by atoms with E-state index in [0.29, 0.717) is 0 Å². The molecule has 0 aromatic rings. The molecule has 0 saturated carbocycles. The van der Waals surface area contributed by atoms with Crippen LogP contribution in [0.3, 0.4) is 0 Å². The second-order valence-corrected chi connectivity index (χ2v) is 3.35. The summed E-state index contributed by atoms with van der Waals surface area (Å²) < 4.78 is 0. The average molecular weight is 277 g/mol. The first kappa shape index (κ1) is 18.9. The second-order valence-electron chi connectivity index (χ2n) is 3.35. The van der Waals surface area contributed by atoms with E-state index in [4.69, 9.17) is 20.4 Å². The van der Waals surface area contributed by atoms with Gasteiger partial charge in [0.05, 0.1) is 13.0 Å². The van der Waals surface area contributed by atoms with Crippen molar-refractivity contribution in [2.24, 2.45) is 0 Å². The summed E-state index contributed by atoms with van der Waals surface area (Å²) in [5, 5.41) is 34.8. The van der Waals surface area contributed by atoms with Gasteiger partial charge in [0.1, 0.15) is 6.04 Å². The molecular weight excluding hydrogens is 262 g/mol. The molecule has 0 aromatic carbocycles. The monoisotopic (exact) mass is 277 g/mol. The Bertz CT molecular complexity index is 364. The molecule has 0 fully saturated rings. The molecule has 0 radical (unpaired) electrons. The molecule has 0 spiro atoms. The molecule has 9 heteroatoms. The van der Waals surface area contributed by atoms with Crippen LogP contribution in [-0.2, 0) is 19.2 Å². The van der Waals surface area contributed by atoms with Crippen LogP contribution in [-0.4, -0.2) is 56.9 Å². The molecular formula is C10H15NO8. The fraction of sp³-hybridized carbons (Fsp3) is 0.400. The Morgan fingerprint density at radius 3 is 1.68 bits per heavy atom. The molecule has 1 unspecified atom stereocenters. The van der Waals surface area contributed by atoms with Gasteiger partial charge in [0.2, 0.25) is 0 Å². The lowest BCUT2D eigenvalue weighted by Crippen LogP contribution is -2.41. The molecule has 1 atom stereocenters. The summed E-state index contributed by atoms with van der Waals surface area (Å²) in [5.74, 6) is -4.86. The topological polar surface area (TPSA) is 161 Å². The lowest BCUT2D eigenvalue weighted by atomic mass is 10.2. The smallest absolute Gasteiger partial charge is 0.330 e. The van der Waals surface area contributed by atoms with E-state index in [0.717, 1.165) is 0 Å². The number of carboxylic acid groups (broad SMARTS) is 4. The largest absolute Gasteiger partial charge is 0.481 e. The molecule has 0 aromatic heterocycles. The molecule has 0 aliphatic carbocycles. The van der Waals surface area contributed by atoms with Crippen LogP contribution in [0.4, 0.5) is 0 Å². The summed E-state index contributed by atoms with van der Waals surface area (Å²) >= 11 is 0. The molecule has 108 valence electrons. The van der Waals surface area contributed by atoms with Crippen LogP contribution in [0.15, 0.2) is 12.2 Å². The Morgan fingerprint density at radius 2 is 1.47 bits per heavy atom. The van der Waals surface area contributed by atoms with E-state index in [-0.39, 0.29) is 5.57 Å². The van der Waals surface area contributed by atoms with Crippen LogP contribution < -0.4 is 5.32 Å². The minimum absolute atomic E-state index is 0.176. The maximum Gasteiger partial charge on any atom is 0.330 e. The van der Waals surface area contributed by atoms with Gasteiger partial charge < -0.3 is 20.4 Å². The SMILES string of the molecule is C=C(C)C(=O)O.O=C(O)CNC(CC(=O)O)C(=O)O. The Kier molecular flexibility index (Phi) is 9.56. The lowest BCUT2D eigenvalue weighted by Gasteiger charge is -2.09. The Balaban J connectivity index is 0. The fourth-order valence-corrected chi connectivity index (χ4v) is 0.632. The normalized spacial score (nSPS) is 10.6. The van der Waals surface area contributed by atoms with Gasteiger partial charge in [-0.2, -0.15) is 0 Å². The van der Waals surface area contributed by atoms with Crippen LogP contribution in [0.5, 0.6) is 0 Å². The Morgan fingerprint density at radius 1 is 1.05 bits per heavy atom. The van der Waals surface area contributed by atoms with E-state index in [1.165, 1.54) is 6.92 Å². The number of aliphatic carboxylic acids is 4. The van der Waals surface area contributed by atoms with E-state index in [9.17, 15) is 19.2 Å².